The minimum atomic E-state index is 0.616. The fourth-order valence-corrected chi connectivity index (χ4v) is 4.62. The minimum Gasteiger partial charge on any atom is -0.357 e. The largest absolute Gasteiger partial charge is 0.357 e. The molecule has 0 aromatic carbocycles. The average molecular weight is 378 g/mol. The molecule has 2 fully saturated rings. The molecule has 2 heterocycles. The molecular formula is C20H35N5S. The van der Waals surface area contributed by atoms with Crippen LogP contribution in [0.15, 0.2) is 10.4 Å². The van der Waals surface area contributed by atoms with Crippen LogP contribution in [0.1, 0.15) is 62.6 Å². The van der Waals surface area contributed by atoms with Gasteiger partial charge in [0.25, 0.3) is 0 Å². The van der Waals surface area contributed by atoms with Crippen LogP contribution in [0, 0.1) is 12.8 Å². The standard InChI is InChI=1S/C20H35N5S/c1-3-21-20(24-18-7-5-4-6-8-18)22-13-17-9-11-25(12-10-17)14-19-15-26-16(2)23-19/h15,17-18H,3-14H2,1-2H3,(H2,21,22,24). The first-order valence-corrected chi connectivity index (χ1v) is 11.3. The summed E-state index contributed by atoms with van der Waals surface area (Å²) >= 11 is 1.75. The van der Waals surface area contributed by atoms with E-state index >= 15 is 0 Å². The van der Waals surface area contributed by atoms with E-state index < -0.39 is 0 Å². The van der Waals surface area contributed by atoms with Gasteiger partial charge in [-0.05, 0) is 58.5 Å². The molecule has 0 unspecified atom stereocenters. The lowest BCUT2D eigenvalue weighted by molar-refractivity contribution is 0.179. The van der Waals surface area contributed by atoms with Gasteiger partial charge in [0.1, 0.15) is 0 Å². The Hall–Kier alpha value is -1.14. The van der Waals surface area contributed by atoms with E-state index in [2.05, 4.69) is 39.7 Å². The van der Waals surface area contributed by atoms with Crippen LogP contribution in [0.25, 0.3) is 0 Å². The summed E-state index contributed by atoms with van der Waals surface area (Å²) in [7, 11) is 0. The Morgan fingerprint density at radius 3 is 2.65 bits per heavy atom. The number of nitrogens with zero attached hydrogens (tertiary/aromatic N) is 3. The van der Waals surface area contributed by atoms with Crippen molar-refractivity contribution >= 4 is 17.3 Å². The normalized spacial score (nSPS) is 21.1. The number of aryl methyl sites for hydroxylation is 1. The second-order valence-electron chi connectivity index (χ2n) is 7.78. The fraction of sp³-hybridized carbons (Fsp3) is 0.800. The highest BCUT2D eigenvalue weighted by atomic mass is 32.1. The molecule has 5 nitrogen and oxygen atoms in total. The van der Waals surface area contributed by atoms with Gasteiger partial charge in [-0.1, -0.05) is 19.3 Å². The monoisotopic (exact) mass is 377 g/mol. The first-order valence-electron chi connectivity index (χ1n) is 10.4. The SMILES string of the molecule is CCNC(=NCC1CCN(Cc2csc(C)n2)CC1)NC1CCCCC1. The molecule has 0 amide bonds. The second-order valence-corrected chi connectivity index (χ2v) is 8.84. The summed E-state index contributed by atoms with van der Waals surface area (Å²) in [6, 6.07) is 0.616. The highest BCUT2D eigenvalue weighted by Crippen LogP contribution is 2.20. The van der Waals surface area contributed by atoms with E-state index in [1.54, 1.807) is 11.3 Å². The van der Waals surface area contributed by atoms with Crippen LogP contribution in [0.3, 0.4) is 0 Å². The third-order valence-corrected chi connectivity index (χ3v) is 6.38. The van der Waals surface area contributed by atoms with Crippen molar-refractivity contribution in [2.75, 3.05) is 26.2 Å². The van der Waals surface area contributed by atoms with Gasteiger partial charge in [0.2, 0.25) is 0 Å². The summed E-state index contributed by atoms with van der Waals surface area (Å²) in [5.41, 5.74) is 1.23. The Morgan fingerprint density at radius 1 is 1.23 bits per heavy atom. The maximum Gasteiger partial charge on any atom is 0.191 e. The van der Waals surface area contributed by atoms with Crippen molar-refractivity contribution in [1.29, 1.82) is 0 Å². The van der Waals surface area contributed by atoms with Crippen molar-refractivity contribution < 1.29 is 0 Å². The number of piperidine rings is 1. The number of guanidine groups is 1. The molecule has 1 saturated heterocycles. The van der Waals surface area contributed by atoms with Gasteiger partial charge < -0.3 is 10.6 Å². The zero-order valence-electron chi connectivity index (χ0n) is 16.5. The van der Waals surface area contributed by atoms with Crippen LogP contribution in [0.4, 0.5) is 0 Å². The summed E-state index contributed by atoms with van der Waals surface area (Å²) in [4.78, 5) is 12.0. The molecule has 0 spiro atoms. The van der Waals surface area contributed by atoms with Crippen LogP contribution >= 0.6 is 11.3 Å². The predicted molar refractivity (Wildman–Crippen MR) is 111 cm³/mol. The number of nitrogens with one attached hydrogen (secondary N) is 2. The van der Waals surface area contributed by atoms with Crippen LogP contribution in [0.5, 0.6) is 0 Å². The molecule has 2 N–H and O–H groups in total. The number of hydrogen-bond donors (Lipinski definition) is 2. The van der Waals surface area contributed by atoms with E-state index in [4.69, 9.17) is 4.99 Å². The first kappa shape index (κ1) is 19.6. The molecule has 0 atom stereocenters. The molecule has 2 aliphatic rings. The zero-order valence-corrected chi connectivity index (χ0v) is 17.3. The van der Waals surface area contributed by atoms with Gasteiger partial charge in [-0.15, -0.1) is 11.3 Å². The number of rotatable bonds is 6. The molecule has 146 valence electrons. The van der Waals surface area contributed by atoms with Crippen molar-refractivity contribution in [2.24, 2.45) is 10.9 Å². The zero-order chi connectivity index (χ0) is 18.2. The molecule has 0 bridgehead atoms. The second kappa shape index (κ2) is 10.3. The molecule has 26 heavy (non-hydrogen) atoms. The van der Waals surface area contributed by atoms with Crippen LogP contribution in [0.2, 0.25) is 0 Å². The minimum absolute atomic E-state index is 0.616. The van der Waals surface area contributed by atoms with E-state index in [1.165, 1.54) is 68.7 Å². The average Bonchev–Trinajstić information content (AvgIpc) is 3.07. The van der Waals surface area contributed by atoms with Gasteiger partial charge in [0.15, 0.2) is 5.96 Å². The third-order valence-electron chi connectivity index (χ3n) is 5.56. The van der Waals surface area contributed by atoms with Crippen LogP contribution in [-0.4, -0.2) is 48.1 Å². The Labute approximate surface area is 162 Å². The van der Waals surface area contributed by atoms with Gasteiger partial charge in [0, 0.05) is 31.1 Å². The Morgan fingerprint density at radius 2 is 2.00 bits per heavy atom. The van der Waals surface area contributed by atoms with Gasteiger partial charge >= 0.3 is 0 Å². The summed E-state index contributed by atoms with van der Waals surface area (Å²) in [6.07, 6.45) is 9.18. The topological polar surface area (TPSA) is 52.6 Å². The van der Waals surface area contributed by atoms with Gasteiger partial charge in [-0.25, -0.2) is 4.98 Å². The smallest absolute Gasteiger partial charge is 0.191 e. The lowest BCUT2D eigenvalue weighted by Crippen LogP contribution is -2.44. The number of thiazole rings is 1. The van der Waals surface area contributed by atoms with E-state index in [-0.39, 0.29) is 0 Å². The molecular weight excluding hydrogens is 342 g/mol. The lowest BCUT2D eigenvalue weighted by atomic mass is 9.95. The van der Waals surface area contributed by atoms with E-state index in [0.717, 1.165) is 25.6 Å². The third kappa shape index (κ3) is 6.23. The van der Waals surface area contributed by atoms with Gasteiger partial charge in [-0.3, -0.25) is 9.89 Å². The first-order chi connectivity index (χ1) is 12.7. The maximum absolute atomic E-state index is 4.91. The molecule has 6 heteroatoms. The summed E-state index contributed by atoms with van der Waals surface area (Å²) < 4.78 is 0. The van der Waals surface area contributed by atoms with E-state index in [9.17, 15) is 0 Å². The van der Waals surface area contributed by atoms with Crippen LogP contribution < -0.4 is 10.6 Å². The fourth-order valence-electron chi connectivity index (χ4n) is 4.02. The number of likely N-dealkylation sites (tertiary alicyclic amines) is 1. The van der Waals surface area contributed by atoms with Crippen molar-refractivity contribution in [2.45, 2.75) is 71.4 Å². The van der Waals surface area contributed by atoms with Crippen molar-refractivity contribution in [3.8, 4) is 0 Å². The molecule has 0 radical (unpaired) electrons. The van der Waals surface area contributed by atoms with Crippen LogP contribution in [-0.2, 0) is 6.54 Å². The highest BCUT2D eigenvalue weighted by molar-refractivity contribution is 7.09. The van der Waals surface area contributed by atoms with Gasteiger partial charge in [0.05, 0.1) is 10.7 Å². The molecule has 1 aromatic rings. The Kier molecular flexibility index (Phi) is 7.74. The molecule has 1 aromatic heterocycles. The lowest BCUT2D eigenvalue weighted by Gasteiger charge is -2.31. The molecule has 1 aliphatic heterocycles. The highest BCUT2D eigenvalue weighted by Gasteiger charge is 2.20. The van der Waals surface area contributed by atoms with Crippen molar-refractivity contribution in [3.05, 3.63) is 16.1 Å². The maximum atomic E-state index is 4.91. The summed E-state index contributed by atoms with van der Waals surface area (Å²) in [5.74, 6) is 1.74. The van der Waals surface area contributed by atoms with Gasteiger partial charge in [-0.2, -0.15) is 0 Å². The van der Waals surface area contributed by atoms with E-state index in [0.29, 0.717) is 12.0 Å². The molecule has 1 aliphatic carbocycles. The number of hydrogen-bond acceptors (Lipinski definition) is 4. The van der Waals surface area contributed by atoms with Crippen molar-refractivity contribution in [1.82, 2.24) is 20.5 Å². The summed E-state index contributed by atoms with van der Waals surface area (Å²) in [5, 5.41) is 10.5. The predicted octanol–water partition coefficient (Wildman–Crippen LogP) is 3.55. The summed E-state index contributed by atoms with van der Waals surface area (Å²) in [6.45, 7) is 9.47. The van der Waals surface area contributed by atoms with Crippen molar-refractivity contribution in [3.63, 3.8) is 0 Å². The molecule has 3 rings (SSSR count). The Bertz CT molecular complexity index is 556. The Balaban J connectivity index is 1.42. The number of aliphatic imine (C=N–C) groups is 1. The number of aromatic nitrogens is 1. The quantitative estimate of drug-likeness (QED) is 0.588. The van der Waals surface area contributed by atoms with E-state index in [1.807, 2.05) is 0 Å². The molecule has 1 saturated carbocycles.